The number of carbonyl (C=O) groups is 1. The Morgan fingerprint density at radius 1 is 1.89 bits per heavy atom. The standard InChI is InChI=1S/C6H11NO2/c1-2-5(8)6-7-3-4-9-6/h6-7H,2-4H2,1H3. The van der Waals surface area contributed by atoms with Crippen molar-refractivity contribution < 1.29 is 9.53 Å². The van der Waals surface area contributed by atoms with Crippen molar-refractivity contribution in [1.82, 2.24) is 5.32 Å². The molecule has 1 aliphatic heterocycles. The average Bonchev–Trinajstić information content (AvgIpc) is 2.37. The summed E-state index contributed by atoms with van der Waals surface area (Å²) in [7, 11) is 0. The van der Waals surface area contributed by atoms with Gasteiger partial charge in [0.2, 0.25) is 0 Å². The Bertz CT molecular complexity index is 108. The highest BCUT2D eigenvalue weighted by molar-refractivity contribution is 5.82. The molecule has 1 heterocycles. The van der Waals surface area contributed by atoms with Crippen LogP contribution in [0.25, 0.3) is 0 Å². The first-order valence-electron chi connectivity index (χ1n) is 3.22. The molecule has 0 saturated carbocycles. The summed E-state index contributed by atoms with van der Waals surface area (Å²) >= 11 is 0. The third-order valence-electron chi connectivity index (χ3n) is 1.36. The summed E-state index contributed by atoms with van der Waals surface area (Å²) in [5.41, 5.74) is 0. The van der Waals surface area contributed by atoms with Crippen LogP contribution in [0.1, 0.15) is 13.3 Å². The van der Waals surface area contributed by atoms with Crippen LogP contribution in [-0.4, -0.2) is 25.2 Å². The number of rotatable bonds is 2. The third-order valence-corrected chi connectivity index (χ3v) is 1.36. The van der Waals surface area contributed by atoms with Crippen molar-refractivity contribution in [2.75, 3.05) is 13.2 Å². The first-order chi connectivity index (χ1) is 4.34. The van der Waals surface area contributed by atoms with Crippen LogP contribution >= 0.6 is 0 Å². The number of Topliss-reactive ketones (excluding diaryl/α,β-unsaturated/α-hetero) is 1. The molecule has 1 unspecified atom stereocenters. The molecular formula is C6H11NO2. The molecule has 0 radical (unpaired) electrons. The van der Waals surface area contributed by atoms with E-state index in [1.807, 2.05) is 6.92 Å². The zero-order valence-corrected chi connectivity index (χ0v) is 5.52. The van der Waals surface area contributed by atoms with Crippen molar-refractivity contribution in [3.8, 4) is 0 Å². The quantitative estimate of drug-likeness (QED) is 0.566. The normalized spacial score (nSPS) is 26.6. The first kappa shape index (κ1) is 6.71. The summed E-state index contributed by atoms with van der Waals surface area (Å²) in [6, 6.07) is 0. The second kappa shape index (κ2) is 2.94. The molecule has 1 rings (SSSR count). The summed E-state index contributed by atoms with van der Waals surface area (Å²) in [4.78, 5) is 10.8. The Kier molecular flexibility index (Phi) is 2.19. The van der Waals surface area contributed by atoms with E-state index < -0.39 is 0 Å². The summed E-state index contributed by atoms with van der Waals surface area (Å²) in [5, 5.41) is 2.94. The molecule has 1 fully saturated rings. The number of hydrogen-bond donors (Lipinski definition) is 1. The molecule has 52 valence electrons. The SMILES string of the molecule is CCC(=O)C1NCCO1. The van der Waals surface area contributed by atoms with E-state index in [0.717, 1.165) is 6.54 Å². The Balaban J connectivity index is 2.32. The first-order valence-corrected chi connectivity index (χ1v) is 3.22. The summed E-state index contributed by atoms with van der Waals surface area (Å²) < 4.78 is 5.04. The summed E-state index contributed by atoms with van der Waals surface area (Å²) in [6.45, 7) is 3.30. The van der Waals surface area contributed by atoms with Crippen LogP contribution in [0.3, 0.4) is 0 Å². The van der Waals surface area contributed by atoms with Gasteiger partial charge in [-0.05, 0) is 0 Å². The summed E-state index contributed by atoms with van der Waals surface area (Å²) in [5.74, 6) is 0.146. The van der Waals surface area contributed by atoms with E-state index in [0.29, 0.717) is 13.0 Å². The van der Waals surface area contributed by atoms with Gasteiger partial charge in [-0.2, -0.15) is 0 Å². The molecule has 1 atom stereocenters. The zero-order valence-electron chi connectivity index (χ0n) is 5.52. The maximum Gasteiger partial charge on any atom is 0.176 e. The Morgan fingerprint density at radius 3 is 3.11 bits per heavy atom. The van der Waals surface area contributed by atoms with Gasteiger partial charge in [0.1, 0.15) is 0 Å². The molecule has 9 heavy (non-hydrogen) atoms. The minimum atomic E-state index is -0.310. The fraction of sp³-hybridized carbons (Fsp3) is 0.833. The second-order valence-electron chi connectivity index (χ2n) is 2.02. The number of ether oxygens (including phenoxy) is 1. The smallest absolute Gasteiger partial charge is 0.176 e. The Labute approximate surface area is 54.4 Å². The van der Waals surface area contributed by atoms with Crippen LogP contribution in [0.4, 0.5) is 0 Å². The van der Waals surface area contributed by atoms with E-state index in [1.54, 1.807) is 0 Å². The fourth-order valence-corrected chi connectivity index (χ4v) is 0.818. The predicted molar refractivity (Wildman–Crippen MR) is 33.0 cm³/mol. The Morgan fingerprint density at radius 2 is 2.67 bits per heavy atom. The van der Waals surface area contributed by atoms with Gasteiger partial charge in [-0.1, -0.05) is 6.92 Å². The molecule has 0 aromatic heterocycles. The summed E-state index contributed by atoms with van der Waals surface area (Å²) in [6.07, 6.45) is 0.243. The monoisotopic (exact) mass is 129 g/mol. The molecule has 1 N–H and O–H groups in total. The van der Waals surface area contributed by atoms with Gasteiger partial charge in [-0.15, -0.1) is 0 Å². The van der Waals surface area contributed by atoms with Crippen molar-refractivity contribution in [2.45, 2.75) is 19.6 Å². The van der Waals surface area contributed by atoms with Crippen LogP contribution in [0.15, 0.2) is 0 Å². The van der Waals surface area contributed by atoms with E-state index in [2.05, 4.69) is 5.32 Å². The Hall–Kier alpha value is -0.410. The van der Waals surface area contributed by atoms with Gasteiger partial charge < -0.3 is 4.74 Å². The molecular weight excluding hydrogens is 118 g/mol. The lowest BCUT2D eigenvalue weighted by molar-refractivity contribution is -0.128. The minimum absolute atomic E-state index is 0.146. The van der Waals surface area contributed by atoms with Gasteiger partial charge in [-0.25, -0.2) is 0 Å². The predicted octanol–water partition coefficient (Wildman–Crippen LogP) is -0.0886. The highest BCUT2D eigenvalue weighted by Gasteiger charge is 2.20. The van der Waals surface area contributed by atoms with Crippen molar-refractivity contribution in [3.63, 3.8) is 0 Å². The molecule has 0 amide bonds. The zero-order chi connectivity index (χ0) is 6.69. The van der Waals surface area contributed by atoms with Gasteiger partial charge >= 0.3 is 0 Å². The van der Waals surface area contributed by atoms with Crippen molar-refractivity contribution >= 4 is 5.78 Å². The van der Waals surface area contributed by atoms with Crippen molar-refractivity contribution in [2.24, 2.45) is 0 Å². The highest BCUT2D eigenvalue weighted by Crippen LogP contribution is 1.98. The lowest BCUT2D eigenvalue weighted by atomic mass is 10.3. The van der Waals surface area contributed by atoms with E-state index in [9.17, 15) is 4.79 Å². The molecule has 1 aliphatic rings. The van der Waals surface area contributed by atoms with E-state index in [-0.39, 0.29) is 12.0 Å². The average molecular weight is 129 g/mol. The van der Waals surface area contributed by atoms with Crippen LogP contribution in [0.2, 0.25) is 0 Å². The van der Waals surface area contributed by atoms with Crippen LogP contribution in [-0.2, 0) is 9.53 Å². The van der Waals surface area contributed by atoms with Gasteiger partial charge in [0.05, 0.1) is 6.61 Å². The molecule has 0 spiro atoms. The minimum Gasteiger partial charge on any atom is -0.355 e. The van der Waals surface area contributed by atoms with E-state index in [1.165, 1.54) is 0 Å². The molecule has 3 nitrogen and oxygen atoms in total. The van der Waals surface area contributed by atoms with E-state index >= 15 is 0 Å². The molecule has 0 aromatic carbocycles. The maximum absolute atomic E-state index is 10.8. The van der Waals surface area contributed by atoms with Crippen LogP contribution in [0.5, 0.6) is 0 Å². The van der Waals surface area contributed by atoms with Gasteiger partial charge in [0.25, 0.3) is 0 Å². The number of carbonyl (C=O) groups excluding carboxylic acids is 1. The van der Waals surface area contributed by atoms with Crippen LogP contribution in [0, 0.1) is 0 Å². The third kappa shape index (κ3) is 1.50. The lowest BCUT2D eigenvalue weighted by Crippen LogP contribution is -2.31. The molecule has 3 heteroatoms. The van der Waals surface area contributed by atoms with Crippen molar-refractivity contribution in [1.29, 1.82) is 0 Å². The van der Waals surface area contributed by atoms with E-state index in [4.69, 9.17) is 4.74 Å². The van der Waals surface area contributed by atoms with Gasteiger partial charge in [0.15, 0.2) is 12.0 Å². The molecule has 0 bridgehead atoms. The molecule has 0 aliphatic carbocycles. The molecule has 1 saturated heterocycles. The van der Waals surface area contributed by atoms with Gasteiger partial charge in [0, 0.05) is 13.0 Å². The number of hydrogen-bond acceptors (Lipinski definition) is 3. The van der Waals surface area contributed by atoms with Gasteiger partial charge in [-0.3, -0.25) is 10.1 Å². The maximum atomic E-state index is 10.8. The highest BCUT2D eigenvalue weighted by atomic mass is 16.5. The topological polar surface area (TPSA) is 38.3 Å². The largest absolute Gasteiger partial charge is 0.355 e. The second-order valence-corrected chi connectivity index (χ2v) is 2.02. The molecule has 0 aromatic rings. The number of nitrogens with one attached hydrogen (secondary N) is 1. The fourth-order valence-electron chi connectivity index (χ4n) is 0.818. The van der Waals surface area contributed by atoms with Crippen LogP contribution < -0.4 is 5.32 Å². The van der Waals surface area contributed by atoms with Crippen molar-refractivity contribution in [3.05, 3.63) is 0 Å². The lowest BCUT2D eigenvalue weighted by Gasteiger charge is -2.04. The number of ketones is 1.